The third kappa shape index (κ3) is 1.93. The molecule has 1 amide bonds. The van der Waals surface area contributed by atoms with E-state index in [0.29, 0.717) is 5.56 Å². The van der Waals surface area contributed by atoms with Crippen LogP contribution in [0, 0.1) is 0 Å². The Morgan fingerprint density at radius 3 is 2.72 bits per heavy atom. The van der Waals surface area contributed by atoms with Crippen molar-refractivity contribution in [2.45, 2.75) is 31.6 Å². The minimum absolute atomic E-state index is 0.0935. The number of nitrogens with zero attached hydrogens (tertiary/aromatic N) is 1. The number of fused-ring (bicyclic) bond motifs is 1. The molecule has 96 valence electrons. The van der Waals surface area contributed by atoms with Crippen molar-refractivity contribution in [1.29, 1.82) is 0 Å². The minimum atomic E-state index is -0.544. The van der Waals surface area contributed by atoms with Gasteiger partial charge in [0.1, 0.15) is 0 Å². The van der Waals surface area contributed by atoms with Gasteiger partial charge in [0.05, 0.1) is 11.3 Å². The van der Waals surface area contributed by atoms with Crippen LogP contribution in [0.2, 0.25) is 0 Å². The average molecular weight is 266 g/mol. The molecule has 2 unspecified atom stereocenters. The van der Waals surface area contributed by atoms with Gasteiger partial charge in [0, 0.05) is 18.3 Å². The lowest BCUT2D eigenvalue weighted by Crippen LogP contribution is -2.23. The van der Waals surface area contributed by atoms with E-state index in [-0.39, 0.29) is 17.6 Å². The fraction of sp³-hybridized carbons (Fsp3) is 0.429. The van der Waals surface area contributed by atoms with Crippen molar-refractivity contribution >= 4 is 29.0 Å². The first-order chi connectivity index (χ1) is 8.47. The SMILES string of the molecule is CCC1C(=O)N(C)c2ccc(C(=O)C(C)Cl)cc21. The molecule has 18 heavy (non-hydrogen) atoms. The van der Waals surface area contributed by atoms with E-state index < -0.39 is 5.38 Å². The van der Waals surface area contributed by atoms with E-state index in [9.17, 15) is 9.59 Å². The van der Waals surface area contributed by atoms with Crippen LogP contribution in [0.3, 0.4) is 0 Å². The molecule has 2 rings (SSSR count). The molecule has 3 nitrogen and oxygen atoms in total. The van der Waals surface area contributed by atoms with Crippen LogP contribution in [-0.4, -0.2) is 24.1 Å². The molecular weight excluding hydrogens is 250 g/mol. The van der Waals surface area contributed by atoms with E-state index in [1.54, 1.807) is 24.9 Å². The molecule has 0 aromatic heterocycles. The predicted octanol–water partition coefficient (Wildman–Crippen LogP) is 2.97. The van der Waals surface area contributed by atoms with Crippen molar-refractivity contribution in [1.82, 2.24) is 0 Å². The number of alkyl halides is 1. The van der Waals surface area contributed by atoms with Crippen LogP contribution in [0.1, 0.15) is 42.1 Å². The van der Waals surface area contributed by atoms with Crippen molar-refractivity contribution < 1.29 is 9.59 Å². The van der Waals surface area contributed by atoms with Gasteiger partial charge in [-0.25, -0.2) is 0 Å². The molecule has 0 spiro atoms. The molecule has 0 fully saturated rings. The van der Waals surface area contributed by atoms with E-state index in [2.05, 4.69) is 0 Å². The maximum Gasteiger partial charge on any atom is 0.234 e. The largest absolute Gasteiger partial charge is 0.315 e. The maximum absolute atomic E-state index is 12.0. The molecule has 1 aromatic rings. The Labute approximate surface area is 112 Å². The Kier molecular flexibility index (Phi) is 3.44. The molecule has 1 aliphatic heterocycles. The van der Waals surface area contributed by atoms with E-state index in [1.807, 2.05) is 19.1 Å². The number of anilines is 1. The smallest absolute Gasteiger partial charge is 0.234 e. The quantitative estimate of drug-likeness (QED) is 0.622. The highest BCUT2D eigenvalue weighted by atomic mass is 35.5. The van der Waals surface area contributed by atoms with Gasteiger partial charge in [-0.2, -0.15) is 0 Å². The Morgan fingerprint density at radius 2 is 2.17 bits per heavy atom. The van der Waals surface area contributed by atoms with Crippen LogP contribution >= 0.6 is 11.6 Å². The molecule has 0 saturated heterocycles. The summed E-state index contributed by atoms with van der Waals surface area (Å²) in [5.74, 6) is -0.143. The lowest BCUT2D eigenvalue weighted by Gasteiger charge is -2.10. The van der Waals surface area contributed by atoms with Gasteiger partial charge >= 0.3 is 0 Å². The standard InChI is InChI=1S/C14H16ClNO2/c1-4-10-11-7-9(13(17)8(2)15)5-6-12(11)16(3)14(10)18/h5-8,10H,4H2,1-3H3. The van der Waals surface area contributed by atoms with Crippen LogP contribution in [0.25, 0.3) is 0 Å². The normalized spacial score (nSPS) is 19.9. The zero-order valence-electron chi connectivity index (χ0n) is 10.7. The van der Waals surface area contributed by atoms with Crippen LogP contribution in [0.15, 0.2) is 18.2 Å². The number of carbonyl (C=O) groups is 2. The zero-order valence-corrected chi connectivity index (χ0v) is 11.5. The molecule has 0 radical (unpaired) electrons. The fourth-order valence-corrected chi connectivity index (χ4v) is 2.53. The molecule has 4 heteroatoms. The Morgan fingerprint density at radius 1 is 1.50 bits per heavy atom. The van der Waals surface area contributed by atoms with Crippen LogP contribution in [0.4, 0.5) is 5.69 Å². The highest BCUT2D eigenvalue weighted by Crippen LogP contribution is 2.38. The van der Waals surface area contributed by atoms with Crippen LogP contribution in [-0.2, 0) is 4.79 Å². The van der Waals surface area contributed by atoms with E-state index in [1.165, 1.54) is 0 Å². The summed E-state index contributed by atoms with van der Waals surface area (Å²) in [6.07, 6.45) is 0.740. The Balaban J connectivity index is 2.47. The number of hydrogen-bond donors (Lipinski definition) is 0. The molecule has 0 N–H and O–H groups in total. The average Bonchev–Trinajstić information content (AvgIpc) is 2.60. The van der Waals surface area contributed by atoms with Gasteiger partial charge in [0.15, 0.2) is 5.78 Å². The van der Waals surface area contributed by atoms with Gasteiger partial charge in [0.25, 0.3) is 0 Å². The lowest BCUT2D eigenvalue weighted by molar-refractivity contribution is -0.119. The maximum atomic E-state index is 12.0. The number of hydrogen-bond acceptors (Lipinski definition) is 2. The van der Waals surface area contributed by atoms with Gasteiger partial charge in [-0.05, 0) is 37.1 Å². The molecule has 0 aliphatic carbocycles. The van der Waals surface area contributed by atoms with Crippen LogP contribution < -0.4 is 4.90 Å². The molecule has 1 aromatic carbocycles. The number of Topliss-reactive ketones (excluding diaryl/α,β-unsaturated/α-hetero) is 1. The second-order valence-corrected chi connectivity index (χ2v) is 5.27. The first-order valence-corrected chi connectivity index (χ1v) is 6.50. The first kappa shape index (κ1) is 13.1. The fourth-order valence-electron chi connectivity index (χ4n) is 2.40. The van der Waals surface area contributed by atoms with Gasteiger partial charge in [-0.15, -0.1) is 11.6 Å². The van der Waals surface area contributed by atoms with Crippen molar-refractivity contribution in [2.24, 2.45) is 0 Å². The third-order valence-corrected chi connectivity index (χ3v) is 3.65. The van der Waals surface area contributed by atoms with Crippen LogP contribution in [0.5, 0.6) is 0 Å². The van der Waals surface area contributed by atoms with Gasteiger partial charge in [-0.3, -0.25) is 9.59 Å². The monoisotopic (exact) mass is 265 g/mol. The van der Waals surface area contributed by atoms with E-state index >= 15 is 0 Å². The number of amides is 1. The first-order valence-electron chi connectivity index (χ1n) is 6.07. The van der Waals surface area contributed by atoms with Crippen molar-refractivity contribution in [3.05, 3.63) is 29.3 Å². The summed E-state index contributed by atoms with van der Waals surface area (Å²) in [5.41, 5.74) is 2.41. The molecule has 1 aliphatic rings. The molecule has 1 heterocycles. The summed E-state index contributed by atoms with van der Waals surface area (Å²) in [7, 11) is 1.77. The number of carbonyl (C=O) groups excluding carboxylic acids is 2. The summed E-state index contributed by atoms with van der Waals surface area (Å²) >= 11 is 5.81. The van der Waals surface area contributed by atoms with Crippen molar-refractivity contribution in [3.8, 4) is 0 Å². The molecule has 0 bridgehead atoms. The topological polar surface area (TPSA) is 37.4 Å². The van der Waals surface area contributed by atoms with Crippen molar-refractivity contribution in [2.75, 3.05) is 11.9 Å². The van der Waals surface area contributed by atoms with Gasteiger partial charge in [0.2, 0.25) is 5.91 Å². The van der Waals surface area contributed by atoms with E-state index in [4.69, 9.17) is 11.6 Å². The molecule has 2 atom stereocenters. The van der Waals surface area contributed by atoms with E-state index in [0.717, 1.165) is 17.7 Å². The van der Waals surface area contributed by atoms with Gasteiger partial charge in [-0.1, -0.05) is 6.92 Å². The number of halogens is 1. The Bertz CT molecular complexity index is 511. The second-order valence-electron chi connectivity index (χ2n) is 4.61. The number of ketones is 1. The summed E-state index contributed by atoms with van der Waals surface area (Å²) < 4.78 is 0. The van der Waals surface area contributed by atoms with Gasteiger partial charge < -0.3 is 4.90 Å². The number of likely N-dealkylation sites (N-methyl/N-ethyl adjacent to an activating group) is 1. The summed E-state index contributed by atoms with van der Waals surface area (Å²) in [6.45, 7) is 3.63. The minimum Gasteiger partial charge on any atom is -0.315 e. The lowest BCUT2D eigenvalue weighted by atomic mass is 9.95. The second kappa shape index (κ2) is 4.73. The molecular formula is C14H16ClNO2. The Hall–Kier alpha value is -1.35. The number of benzene rings is 1. The predicted molar refractivity (Wildman–Crippen MR) is 72.5 cm³/mol. The summed E-state index contributed by atoms with van der Waals surface area (Å²) in [4.78, 5) is 25.5. The summed E-state index contributed by atoms with van der Waals surface area (Å²) in [5, 5.41) is -0.544. The molecule has 0 saturated carbocycles. The summed E-state index contributed by atoms with van der Waals surface area (Å²) in [6, 6.07) is 5.38. The zero-order chi connectivity index (χ0) is 13.4. The highest BCUT2D eigenvalue weighted by Gasteiger charge is 2.34. The van der Waals surface area contributed by atoms with Crippen molar-refractivity contribution in [3.63, 3.8) is 0 Å². The highest BCUT2D eigenvalue weighted by molar-refractivity contribution is 6.33. The number of rotatable bonds is 3. The third-order valence-electron chi connectivity index (χ3n) is 3.45.